The van der Waals surface area contributed by atoms with E-state index in [4.69, 9.17) is 23.2 Å². The first-order chi connectivity index (χ1) is 19.2. The van der Waals surface area contributed by atoms with Gasteiger partial charge in [0.05, 0.1) is 27.4 Å². The molecule has 3 aliphatic rings. The second-order valence-electron chi connectivity index (χ2n) is 10.7. The Labute approximate surface area is 245 Å². The molecule has 5 rings (SSSR count). The SMILES string of the molecule is O=C(CC1C(=O)NC=CN1S(=O)(=O)c1ccc(Cl)c(Cl)c1)N[C@@H]1CCCc2cc(CCN3CCCCC3)ccc21. The Morgan fingerprint density at radius 1 is 1.02 bits per heavy atom. The minimum Gasteiger partial charge on any atom is -0.349 e. The van der Waals surface area contributed by atoms with Crippen LogP contribution in [0, 0.1) is 0 Å². The van der Waals surface area contributed by atoms with Crippen molar-refractivity contribution in [1.82, 2.24) is 19.8 Å². The molecule has 0 saturated carbocycles. The second kappa shape index (κ2) is 12.5. The summed E-state index contributed by atoms with van der Waals surface area (Å²) in [4.78, 5) is 28.4. The van der Waals surface area contributed by atoms with E-state index in [9.17, 15) is 18.0 Å². The molecule has 1 aliphatic carbocycles. The summed E-state index contributed by atoms with van der Waals surface area (Å²) in [6.45, 7) is 3.43. The van der Waals surface area contributed by atoms with E-state index in [0.717, 1.165) is 42.1 Å². The number of fused-ring (bicyclic) bond motifs is 1. The molecular formula is C29H34Cl2N4O4S. The molecule has 2 heterocycles. The van der Waals surface area contributed by atoms with Crippen LogP contribution in [-0.2, 0) is 32.5 Å². The summed E-state index contributed by atoms with van der Waals surface area (Å²) in [5.41, 5.74) is 3.65. The van der Waals surface area contributed by atoms with Gasteiger partial charge >= 0.3 is 0 Å². The van der Waals surface area contributed by atoms with E-state index in [-0.39, 0.29) is 27.4 Å². The number of amides is 2. The zero-order chi connectivity index (χ0) is 28.3. The third-order valence-electron chi connectivity index (χ3n) is 7.92. The number of hydrogen-bond donors (Lipinski definition) is 2. The van der Waals surface area contributed by atoms with Gasteiger partial charge in [-0.15, -0.1) is 0 Å². The molecule has 2 atom stereocenters. The molecule has 8 nitrogen and oxygen atoms in total. The van der Waals surface area contributed by atoms with Gasteiger partial charge < -0.3 is 15.5 Å². The molecule has 2 N–H and O–H groups in total. The number of piperidine rings is 1. The molecule has 2 amide bonds. The number of likely N-dealkylation sites (tertiary alicyclic amines) is 1. The molecule has 11 heteroatoms. The van der Waals surface area contributed by atoms with Crippen molar-refractivity contribution in [1.29, 1.82) is 0 Å². The average Bonchev–Trinajstić information content (AvgIpc) is 2.95. The molecule has 0 radical (unpaired) electrons. The smallest absolute Gasteiger partial charge is 0.264 e. The topological polar surface area (TPSA) is 98.8 Å². The fourth-order valence-electron chi connectivity index (χ4n) is 5.77. The maximum Gasteiger partial charge on any atom is 0.264 e. The van der Waals surface area contributed by atoms with E-state index in [0.29, 0.717) is 0 Å². The van der Waals surface area contributed by atoms with E-state index in [1.807, 2.05) is 0 Å². The van der Waals surface area contributed by atoms with Crippen LogP contribution in [0.25, 0.3) is 0 Å². The summed E-state index contributed by atoms with van der Waals surface area (Å²) in [5, 5.41) is 5.87. The number of carbonyl (C=O) groups is 2. The maximum absolute atomic E-state index is 13.4. The van der Waals surface area contributed by atoms with Crippen molar-refractivity contribution in [3.8, 4) is 0 Å². The number of halogens is 2. The fourth-order valence-corrected chi connectivity index (χ4v) is 7.61. The normalized spacial score (nSPS) is 21.6. The number of carbonyl (C=O) groups excluding carboxylic acids is 2. The summed E-state index contributed by atoms with van der Waals surface area (Å²) in [7, 11) is -4.17. The van der Waals surface area contributed by atoms with Gasteiger partial charge in [0.2, 0.25) is 11.8 Å². The third-order valence-corrected chi connectivity index (χ3v) is 10.4. The van der Waals surface area contributed by atoms with Crippen LogP contribution in [0.1, 0.15) is 61.3 Å². The van der Waals surface area contributed by atoms with Crippen LogP contribution < -0.4 is 10.6 Å². The number of benzene rings is 2. The highest BCUT2D eigenvalue weighted by molar-refractivity contribution is 7.89. The van der Waals surface area contributed by atoms with Crippen molar-refractivity contribution in [2.45, 2.75) is 68.3 Å². The van der Waals surface area contributed by atoms with Crippen molar-refractivity contribution in [3.05, 3.63) is 75.5 Å². The molecule has 1 unspecified atom stereocenters. The van der Waals surface area contributed by atoms with Crippen LogP contribution in [0.4, 0.5) is 0 Å². The van der Waals surface area contributed by atoms with Gasteiger partial charge in [-0.05, 0) is 86.5 Å². The Morgan fingerprint density at radius 2 is 1.82 bits per heavy atom. The Morgan fingerprint density at radius 3 is 2.60 bits per heavy atom. The van der Waals surface area contributed by atoms with Crippen molar-refractivity contribution < 1.29 is 18.0 Å². The van der Waals surface area contributed by atoms with Crippen LogP contribution in [0.5, 0.6) is 0 Å². The summed E-state index contributed by atoms with van der Waals surface area (Å²) >= 11 is 12.0. The van der Waals surface area contributed by atoms with Crippen molar-refractivity contribution in [2.24, 2.45) is 0 Å². The number of rotatable bonds is 8. The van der Waals surface area contributed by atoms with Gasteiger partial charge in [0.1, 0.15) is 6.04 Å². The van der Waals surface area contributed by atoms with Crippen LogP contribution in [0.2, 0.25) is 10.0 Å². The second-order valence-corrected chi connectivity index (χ2v) is 13.3. The zero-order valence-electron chi connectivity index (χ0n) is 22.2. The highest BCUT2D eigenvalue weighted by atomic mass is 35.5. The molecule has 214 valence electrons. The van der Waals surface area contributed by atoms with E-state index in [2.05, 4.69) is 33.7 Å². The monoisotopic (exact) mass is 604 g/mol. The lowest BCUT2D eigenvalue weighted by atomic mass is 9.86. The molecular weight excluding hydrogens is 571 g/mol. The van der Waals surface area contributed by atoms with E-state index < -0.39 is 27.9 Å². The van der Waals surface area contributed by atoms with Crippen molar-refractivity contribution in [3.63, 3.8) is 0 Å². The zero-order valence-corrected chi connectivity index (χ0v) is 24.6. The van der Waals surface area contributed by atoms with Crippen LogP contribution >= 0.6 is 23.2 Å². The maximum atomic E-state index is 13.4. The number of aryl methyl sites for hydroxylation is 1. The van der Waals surface area contributed by atoms with E-state index in [1.165, 1.54) is 74.1 Å². The Hall–Kier alpha value is -2.59. The number of sulfonamides is 1. The quantitative estimate of drug-likeness (QED) is 0.460. The average molecular weight is 606 g/mol. The van der Waals surface area contributed by atoms with E-state index in [1.54, 1.807) is 0 Å². The largest absolute Gasteiger partial charge is 0.349 e. The van der Waals surface area contributed by atoms with Gasteiger partial charge in [0.25, 0.3) is 10.0 Å². The highest BCUT2D eigenvalue weighted by Crippen LogP contribution is 2.32. The lowest BCUT2D eigenvalue weighted by Crippen LogP contribution is -2.51. The summed E-state index contributed by atoms with van der Waals surface area (Å²) in [5.74, 6) is -0.972. The van der Waals surface area contributed by atoms with Gasteiger partial charge in [-0.1, -0.05) is 47.8 Å². The Kier molecular flexibility index (Phi) is 9.05. The van der Waals surface area contributed by atoms with Crippen LogP contribution in [-0.4, -0.2) is 55.1 Å². The first kappa shape index (κ1) is 28.9. The molecule has 0 aromatic heterocycles. The van der Waals surface area contributed by atoms with Crippen molar-refractivity contribution in [2.75, 3.05) is 19.6 Å². The first-order valence-corrected chi connectivity index (χ1v) is 16.0. The highest BCUT2D eigenvalue weighted by Gasteiger charge is 2.37. The van der Waals surface area contributed by atoms with Gasteiger partial charge in [-0.3, -0.25) is 13.9 Å². The van der Waals surface area contributed by atoms with Gasteiger partial charge in [0.15, 0.2) is 0 Å². The molecule has 2 aromatic rings. The van der Waals surface area contributed by atoms with Crippen LogP contribution in [0.3, 0.4) is 0 Å². The fraction of sp³-hybridized carbons (Fsp3) is 0.448. The van der Waals surface area contributed by atoms with Gasteiger partial charge in [0, 0.05) is 18.9 Å². The standard InChI is InChI=1S/C29H34Cl2N4O4S/c30-24-10-8-22(18-25(24)31)40(38,39)35-16-12-32-29(37)27(35)19-28(36)33-26-6-4-5-21-17-20(7-9-23(21)26)11-15-34-13-2-1-3-14-34/h7-10,12,16-18,26-27H,1-6,11,13-15,19H2,(H,32,37)(H,33,36)/t26-,27?/m1/s1. The lowest BCUT2D eigenvalue weighted by Gasteiger charge is -2.32. The Balaban J connectivity index is 1.26. The molecule has 0 spiro atoms. The van der Waals surface area contributed by atoms with Crippen LogP contribution in [0.15, 0.2) is 53.7 Å². The molecule has 2 aliphatic heterocycles. The summed E-state index contributed by atoms with van der Waals surface area (Å²) in [6.07, 6.45) is 9.76. The van der Waals surface area contributed by atoms with Gasteiger partial charge in [-0.25, -0.2) is 8.42 Å². The lowest BCUT2D eigenvalue weighted by molar-refractivity contribution is -0.129. The van der Waals surface area contributed by atoms with Crippen molar-refractivity contribution >= 4 is 45.0 Å². The molecule has 2 aromatic carbocycles. The molecule has 40 heavy (non-hydrogen) atoms. The number of hydrogen-bond acceptors (Lipinski definition) is 5. The minimum absolute atomic E-state index is 0.0769. The minimum atomic E-state index is -4.17. The third kappa shape index (κ3) is 6.48. The molecule has 1 saturated heterocycles. The molecule has 1 fully saturated rings. The predicted octanol–water partition coefficient (Wildman–Crippen LogP) is 4.57. The summed E-state index contributed by atoms with van der Waals surface area (Å²) < 4.78 is 27.7. The first-order valence-electron chi connectivity index (χ1n) is 13.8. The predicted molar refractivity (Wildman–Crippen MR) is 155 cm³/mol. The van der Waals surface area contributed by atoms with Gasteiger partial charge in [-0.2, -0.15) is 0 Å². The number of nitrogens with zero attached hydrogens (tertiary/aromatic N) is 2. The molecule has 0 bridgehead atoms. The van der Waals surface area contributed by atoms with E-state index >= 15 is 0 Å². The Bertz CT molecular complexity index is 1410. The number of nitrogens with one attached hydrogen (secondary N) is 2. The summed E-state index contributed by atoms with van der Waals surface area (Å²) in [6, 6.07) is 9.03.